The zero-order chi connectivity index (χ0) is 9.80. The minimum absolute atomic E-state index is 0.554. The van der Waals surface area contributed by atoms with E-state index >= 15 is 0 Å². The van der Waals surface area contributed by atoms with Crippen LogP contribution in [-0.2, 0) is 0 Å². The molecule has 1 aromatic rings. The van der Waals surface area contributed by atoms with Gasteiger partial charge in [0.05, 0.1) is 9.61 Å². The molecule has 0 amide bonds. The highest BCUT2D eigenvalue weighted by molar-refractivity contribution is 8.17. The third-order valence-electron chi connectivity index (χ3n) is 1.89. The van der Waals surface area contributed by atoms with Gasteiger partial charge in [-0.2, -0.15) is 0 Å². The average Bonchev–Trinajstić information content (AvgIpc) is 2.72. The summed E-state index contributed by atoms with van der Waals surface area (Å²) in [4.78, 5) is 1.18. The normalized spacial score (nSPS) is 19.9. The van der Waals surface area contributed by atoms with Gasteiger partial charge < -0.3 is 0 Å². The molecule has 1 saturated heterocycles. The molecule has 0 aliphatic carbocycles. The first-order valence-corrected chi connectivity index (χ1v) is 7.86. The Morgan fingerprint density at radius 1 is 1.43 bits per heavy atom. The van der Waals surface area contributed by atoms with Gasteiger partial charge in [0.15, 0.2) is 0 Å². The molecular formula is C10H11ClS3. The number of hydrogen-bond donors (Lipinski definition) is 0. The molecule has 0 aromatic carbocycles. The highest BCUT2D eigenvalue weighted by Crippen LogP contribution is 2.35. The van der Waals surface area contributed by atoms with Crippen molar-refractivity contribution in [1.29, 1.82) is 0 Å². The second kappa shape index (κ2) is 5.50. The molecular weight excluding hydrogens is 252 g/mol. The maximum absolute atomic E-state index is 6.23. The third-order valence-corrected chi connectivity index (χ3v) is 6.03. The predicted molar refractivity (Wildman–Crippen MR) is 71.5 cm³/mol. The minimum atomic E-state index is 0.554. The minimum Gasteiger partial charge on any atom is -0.143 e. The van der Waals surface area contributed by atoms with Gasteiger partial charge >= 0.3 is 0 Å². The molecule has 0 spiro atoms. The summed E-state index contributed by atoms with van der Waals surface area (Å²) in [6.45, 7) is 0. The summed E-state index contributed by atoms with van der Waals surface area (Å²) < 4.78 is 0.554. The number of hydrogen-bond acceptors (Lipinski definition) is 3. The molecule has 1 fully saturated rings. The number of halogens is 1. The van der Waals surface area contributed by atoms with E-state index in [0.717, 1.165) is 5.03 Å². The van der Waals surface area contributed by atoms with Crippen LogP contribution in [0.1, 0.15) is 11.3 Å². The van der Waals surface area contributed by atoms with Crippen LogP contribution in [0.4, 0.5) is 0 Å². The SMILES string of the molecule is Cl/C(=C\C1SCCCS1)c1cccs1. The van der Waals surface area contributed by atoms with Crippen molar-refractivity contribution in [3.8, 4) is 0 Å². The molecule has 0 saturated carbocycles. The van der Waals surface area contributed by atoms with E-state index in [2.05, 4.69) is 17.5 Å². The smallest absolute Gasteiger partial charge is 0.0699 e. The van der Waals surface area contributed by atoms with Crippen molar-refractivity contribution in [1.82, 2.24) is 0 Å². The molecule has 4 heteroatoms. The fourth-order valence-corrected chi connectivity index (χ4v) is 5.03. The van der Waals surface area contributed by atoms with Crippen molar-refractivity contribution in [2.45, 2.75) is 11.0 Å². The molecule has 1 aliphatic heterocycles. The first kappa shape index (κ1) is 10.9. The van der Waals surface area contributed by atoms with E-state index in [9.17, 15) is 0 Å². The van der Waals surface area contributed by atoms with E-state index in [4.69, 9.17) is 11.6 Å². The van der Waals surface area contributed by atoms with Crippen molar-refractivity contribution in [3.05, 3.63) is 28.5 Å². The van der Waals surface area contributed by atoms with Crippen LogP contribution in [0.5, 0.6) is 0 Å². The molecule has 2 rings (SSSR count). The summed E-state index contributed by atoms with van der Waals surface area (Å²) >= 11 is 11.9. The van der Waals surface area contributed by atoms with Crippen LogP contribution >= 0.6 is 46.5 Å². The fraction of sp³-hybridized carbons (Fsp3) is 0.400. The lowest BCUT2D eigenvalue weighted by Crippen LogP contribution is -2.03. The Labute approximate surface area is 102 Å². The molecule has 0 unspecified atom stereocenters. The van der Waals surface area contributed by atoms with Gasteiger partial charge in [0.1, 0.15) is 0 Å². The van der Waals surface area contributed by atoms with Crippen molar-refractivity contribution in [3.63, 3.8) is 0 Å². The van der Waals surface area contributed by atoms with Gasteiger partial charge in [0.25, 0.3) is 0 Å². The largest absolute Gasteiger partial charge is 0.143 e. The van der Waals surface area contributed by atoms with E-state index in [1.54, 1.807) is 11.3 Å². The van der Waals surface area contributed by atoms with Crippen molar-refractivity contribution in [2.75, 3.05) is 11.5 Å². The Bertz CT molecular complexity index is 299. The van der Waals surface area contributed by atoms with Gasteiger partial charge in [-0.25, -0.2) is 0 Å². The topological polar surface area (TPSA) is 0 Å². The lowest BCUT2D eigenvalue weighted by atomic mass is 10.4. The molecule has 2 heterocycles. The monoisotopic (exact) mass is 262 g/mol. The Hall–Kier alpha value is 0.430. The van der Waals surface area contributed by atoms with E-state index in [1.807, 2.05) is 29.6 Å². The van der Waals surface area contributed by atoms with Gasteiger partial charge in [0.2, 0.25) is 0 Å². The van der Waals surface area contributed by atoms with Crippen molar-refractivity contribution >= 4 is 51.5 Å². The van der Waals surface area contributed by atoms with E-state index in [1.165, 1.54) is 22.8 Å². The van der Waals surface area contributed by atoms with Gasteiger partial charge in [0, 0.05) is 4.88 Å². The van der Waals surface area contributed by atoms with Crippen LogP contribution in [0.3, 0.4) is 0 Å². The molecule has 1 aromatic heterocycles. The Morgan fingerprint density at radius 3 is 2.86 bits per heavy atom. The first-order valence-electron chi connectivity index (χ1n) is 4.50. The number of rotatable bonds is 2. The van der Waals surface area contributed by atoms with Crippen LogP contribution in [-0.4, -0.2) is 16.1 Å². The summed E-state index contributed by atoms with van der Waals surface area (Å²) in [6.07, 6.45) is 3.51. The maximum atomic E-state index is 6.23. The fourth-order valence-electron chi connectivity index (χ4n) is 1.22. The van der Waals surface area contributed by atoms with Crippen LogP contribution in [0.2, 0.25) is 0 Å². The second-order valence-corrected chi connectivity index (χ2v) is 7.11. The molecule has 0 nitrogen and oxygen atoms in total. The van der Waals surface area contributed by atoms with Crippen LogP contribution < -0.4 is 0 Å². The van der Waals surface area contributed by atoms with Gasteiger partial charge in [-0.1, -0.05) is 17.7 Å². The molecule has 1 aliphatic rings. The third kappa shape index (κ3) is 2.96. The number of thioether (sulfide) groups is 2. The van der Waals surface area contributed by atoms with E-state index in [0.29, 0.717) is 4.58 Å². The van der Waals surface area contributed by atoms with E-state index < -0.39 is 0 Å². The van der Waals surface area contributed by atoms with Gasteiger partial charge in [-0.15, -0.1) is 34.9 Å². The Balaban J connectivity index is 2.02. The second-order valence-electron chi connectivity index (χ2n) is 2.96. The standard InChI is InChI=1S/C10H11ClS3/c11-8(9-3-1-4-12-9)7-10-13-5-2-6-14-10/h1,3-4,7,10H,2,5-6H2/b8-7-. The molecule has 14 heavy (non-hydrogen) atoms. The molecule has 0 N–H and O–H groups in total. The van der Waals surface area contributed by atoms with Crippen LogP contribution in [0.25, 0.3) is 5.03 Å². The Kier molecular flexibility index (Phi) is 4.29. The summed E-state index contributed by atoms with van der Waals surface area (Å²) in [6, 6.07) is 4.11. The lowest BCUT2D eigenvalue weighted by Gasteiger charge is -2.17. The average molecular weight is 263 g/mol. The van der Waals surface area contributed by atoms with Crippen LogP contribution in [0.15, 0.2) is 23.6 Å². The molecule has 0 radical (unpaired) electrons. The van der Waals surface area contributed by atoms with Crippen molar-refractivity contribution in [2.24, 2.45) is 0 Å². The quantitative estimate of drug-likeness (QED) is 0.768. The highest BCUT2D eigenvalue weighted by Gasteiger charge is 2.13. The molecule has 0 atom stereocenters. The summed E-state index contributed by atoms with van der Waals surface area (Å²) in [5, 5.41) is 2.97. The molecule has 0 bridgehead atoms. The van der Waals surface area contributed by atoms with E-state index in [-0.39, 0.29) is 0 Å². The van der Waals surface area contributed by atoms with Gasteiger partial charge in [-0.05, 0) is 35.4 Å². The van der Waals surface area contributed by atoms with Crippen molar-refractivity contribution < 1.29 is 0 Å². The lowest BCUT2D eigenvalue weighted by molar-refractivity contribution is 1.11. The highest BCUT2D eigenvalue weighted by atomic mass is 35.5. The number of thiophene rings is 1. The summed E-state index contributed by atoms with van der Waals surface area (Å²) in [5.41, 5.74) is 0. The zero-order valence-electron chi connectivity index (χ0n) is 7.61. The summed E-state index contributed by atoms with van der Waals surface area (Å²) in [7, 11) is 0. The Morgan fingerprint density at radius 2 is 2.21 bits per heavy atom. The predicted octanol–water partition coefficient (Wildman–Crippen LogP) is 4.52. The maximum Gasteiger partial charge on any atom is 0.0699 e. The van der Waals surface area contributed by atoms with Gasteiger partial charge in [-0.3, -0.25) is 0 Å². The first-order chi connectivity index (χ1) is 6.86. The zero-order valence-corrected chi connectivity index (χ0v) is 10.8. The molecule has 76 valence electrons. The van der Waals surface area contributed by atoms with Crippen LogP contribution in [0, 0.1) is 0 Å². The summed E-state index contributed by atoms with van der Waals surface area (Å²) in [5.74, 6) is 2.53.